The third-order valence-electron chi connectivity index (χ3n) is 10.5. The number of aliphatic hydroxyl groups is 4. The molecular weight excluding hydrogens is 458 g/mol. The van der Waals surface area contributed by atoms with Crippen LogP contribution in [0.5, 0.6) is 0 Å². The number of carbonyl (C=O) groups excluding carboxylic acids is 1. The van der Waals surface area contributed by atoms with Crippen LogP contribution in [0, 0.1) is 34.5 Å². The van der Waals surface area contributed by atoms with Crippen LogP contribution >= 0.6 is 0 Å². The maximum atomic E-state index is 13.4. The number of ether oxygens (including phenoxy) is 1. The summed E-state index contributed by atoms with van der Waals surface area (Å²) in [6, 6.07) is 7.84. The highest BCUT2D eigenvalue weighted by Gasteiger charge is 2.76. The number of carbonyl (C=O) groups is 1. The van der Waals surface area contributed by atoms with Gasteiger partial charge in [0.1, 0.15) is 11.7 Å². The number of fused-ring (bicyclic) bond motifs is 4. The molecule has 1 unspecified atom stereocenters. The lowest BCUT2D eigenvalue weighted by Gasteiger charge is -2.52. The Hall–Kier alpha value is -2.19. The molecule has 194 valence electrons. The first-order valence-corrected chi connectivity index (χ1v) is 13.1. The summed E-state index contributed by atoms with van der Waals surface area (Å²) in [7, 11) is 0. The summed E-state index contributed by atoms with van der Waals surface area (Å²) in [5, 5.41) is 46.5. The summed E-state index contributed by atoms with van der Waals surface area (Å²) in [5.74, 6) is 0.0318. The first kappa shape index (κ1) is 24.2. The number of hydrogen-bond donors (Lipinski definition) is 4. The van der Waals surface area contributed by atoms with Gasteiger partial charge >= 0.3 is 6.09 Å². The predicted molar refractivity (Wildman–Crippen MR) is 132 cm³/mol. The Kier molecular flexibility index (Phi) is 5.15. The molecule has 2 fully saturated rings. The average molecular weight is 496 g/mol. The fourth-order valence-corrected chi connectivity index (χ4v) is 8.54. The topological polar surface area (TPSA) is 110 Å². The lowest BCUT2D eigenvalue weighted by molar-refractivity contribution is -0.216. The third-order valence-corrected chi connectivity index (χ3v) is 10.5. The van der Waals surface area contributed by atoms with E-state index in [-0.39, 0.29) is 28.7 Å². The smallest absolute Gasteiger partial charge is 0.411 e. The van der Waals surface area contributed by atoms with Crippen molar-refractivity contribution in [2.24, 2.45) is 34.5 Å². The standard InChI is InChI=1S/C29H37NO6/c1-15-11-28-16(2)9-21-22(27(21,3)4)20(24(28)33)10-19(14-31)23(32)29(28,35)25(15)36-26(34)30-12-17-7-5-6-8-18(17)13-30/h5-8,10-11,16,20-25,31-33,35H,9,12-14H2,1-4H3/t16-,20+,21-,22+,23-,24?,25+,28+,29+/m1/s1. The molecule has 2 bridgehead atoms. The molecule has 36 heavy (non-hydrogen) atoms. The molecular formula is C29H37NO6. The number of hydrogen-bond acceptors (Lipinski definition) is 6. The van der Waals surface area contributed by atoms with E-state index in [4.69, 9.17) is 4.74 Å². The molecule has 0 radical (unpaired) electrons. The van der Waals surface area contributed by atoms with Crippen molar-refractivity contribution in [1.82, 2.24) is 4.90 Å². The predicted octanol–water partition coefficient (Wildman–Crippen LogP) is 2.77. The maximum absolute atomic E-state index is 13.4. The first-order valence-electron chi connectivity index (χ1n) is 13.1. The first-order chi connectivity index (χ1) is 17.0. The van der Waals surface area contributed by atoms with Crippen LogP contribution in [0.1, 0.15) is 45.2 Å². The minimum absolute atomic E-state index is 0.0278. The monoisotopic (exact) mass is 495 g/mol. The Morgan fingerprint density at radius 2 is 1.81 bits per heavy atom. The SMILES string of the molecule is CC1=C[C@]23C(O)[C@@H](C=C(CO)[C@@H](O)[C@]2(O)[C@H]1OC(=O)N1Cc2ccccc2C1)[C@H]1[C@@H](C[C@H]3C)C1(C)C. The van der Waals surface area contributed by atoms with E-state index in [2.05, 4.69) is 13.8 Å². The second-order valence-corrected chi connectivity index (χ2v) is 12.5. The lowest BCUT2D eigenvalue weighted by atomic mass is 9.58. The van der Waals surface area contributed by atoms with Crippen molar-refractivity contribution in [3.05, 3.63) is 58.7 Å². The molecule has 1 aliphatic heterocycles. The molecule has 0 aromatic heterocycles. The molecule has 0 saturated heterocycles. The van der Waals surface area contributed by atoms with E-state index in [9.17, 15) is 25.2 Å². The Morgan fingerprint density at radius 3 is 2.42 bits per heavy atom. The van der Waals surface area contributed by atoms with E-state index in [0.29, 0.717) is 24.6 Å². The number of amides is 1. The molecule has 5 aliphatic rings. The van der Waals surface area contributed by atoms with E-state index in [1.807, 2.05) is 37.3 Å². The van der Waals surface area contributed by atoms with Gasteiger partial charge in [0.25, 0.3) is 0 Å². The number of nitrogens with zero attached hydrogens (tertiary/aromatic N) is 1. The van der Waals surface area contributed by atoms with Gasteiger partial charge in [0.2, 0.25) is 0 Å². The molecule has 9 atom stereocenters. The number of benzene rings is 1. The minimum atomic E-state index is -2.01. The number of aliphatic hydroxyl groups excluding tert-OH is 3. The van der Waals surface area contributed by atoms with Crippen molar-refractivity contribution in [3.8, 4) is 0 Å². The lowest BCUT2D eigenvalue weighted by Crippen LogP contribution is -2.67. The van der Waals surface area contributed by atoms with Crippen molar-refractivity contribution < 1.29 is 30.0 Å². The van der Waals surface area contributed by atoms with Gasteiger partial charge in [0, 0.05) is 19.0 Å². The molecule has 4 N–H and O–H groups in total. The van der Waals surface area contributed by atoms with Crippen LogP contribution in [0.2, 0.25) is 0 Å². The van der Waals surface area contributed by atoms with Crippen molar-refractivity contribution >= 4 is 6.09 Å². The minimum Gasteiger partial charge on any atom is -0.438 e. The van der Waals surface area contributed by atoms with Gasteiger partial charge in [0.15, 0.2) is 6.10 Å². The summed E-state index contributed by atoms with van der Waals surface area (Å²) >= 11 is 0. The van der Waals surface area contributed by atoms with E-state index >= 15 is 0 Å². The highest BCUT2D eigenvalue weighted by molar-refractivity contribution is 5.70. The molecule has 7 heteroatoms. The van der Waals surface area contributed by atoms with Crippen LogP contribution in [-0.4, -0.2) is 61.9 Å². The molecule has 1 spiro atoms. The summed E-state index contributed by atoms with van der Waals surface area (Å²) < 4.78 is 6.02. The molecule has 2 saturated carbocycles. The van der Waals surface area contributed by atoms with Crippen LogP contribution in [0.4, 0.5) is 4.79 Å². The third kappa shape index (κ3) is 2.86. The Morgan fingerprint density at radius 1 is 1.17 bits per heavy atom. The molecule has 7 nitrogen and oxygen atoms in total. The Bertz CT molecular complexity index is 1150. The van der Waals surface area contributed by atoms with E-state index in [1.54, 1.807) is 17.9 Å². The van der Waals surface area contributed by atoms with Crippen LogP contribution in [0.25, 0.3) is 0 Å². The van der Waals surface area contributed by atoms with Crippen molar-refractivity contribution in [3.63, 3.8) is 0 Å². The fraction of sp³-hybridized carbons (Fsp3) is 0.621. The molecule has 1 amide bonds. The van der Waals surface area contributed by atoms with Gasteiger partial charge in [0.05, 0.1) is 18.1 Å². The van der Waals surface area contributed by atoms with E-state index < -0.39 is 42.0 Å². The summed E-state index contributed by atoms with van der Waals surface area (Å²) in [4.78, 5) is 15.0. The highest BCUT2D eigenvalue weighted by atomic mass is 16.6. The zero-order valence-corrected chi connectivity index (χ0v) is 21.4. The summed E-state index contributed by atoms with van der Waals surface area (Å²) in [6.45, 7) is 8.59. The molecule has 1 aromatic carbocycles. The number of rotatable bonds is 2. The van der Waals surface area contributed by atoms with Crippen LogP contribution in [0.3, 0.4) is 0 Å². The van der Waals surface area contributed by atoms with Crippen molar-refractivity contribution in [2.45, 2.75) is 71.1 Å². The quantitative estimate of drug-likeness (QED) is 0.470. The molecule has 1 aromatic rings. The Labute approximate surface area is 212 Å². The van der Waals surface area contributed by atoms with Gasteiger partial charge in [-0.1, -0.05) is 57.2 Å². The fourth-order valence-electron chi connectivity index (χ4n) is 8.54. The summed E-state index contributed by atoms with van der Waals surface area (Å²) in [5.41, 5.74) is -0.210. The zero-order chi connectivity index (χ0) is 25.8. The van der Waals surface area contributed by atoms with Gasteiger partial charge in [-0.25, -0.2) is 4.79 Å². The largest absolute Gasteiger partial charge is 0.438 e. The average Bonchev–Trinajstić information content (AvgIpc) is 3.14. The van der Waals surface area contributed by atoms with Crippen molar-refractivity contribution in [1.29, 1.82) is 0 Å². The zero-order valence-electron chi connectivity index (χ0n) is 21.4. The molecule has 1 heterocycles. The maximum Gasteiger partial charge on any atom is 0.411 e. The molecule has 4 aliphatic carbocycles. The van der Waals surface area contributed by atoms with Crippen LogP contribution in [-0.2, 0) is 17.8 Å². The highest BCUT2D eigenvalue weighted by Crippen LogP contribution is 2.72. The van der Waals surface area contributed by atoms with Crippen LogP contribution < -0.4 is 0 Å². The van der Waals surface area contributed by atoms with Crippen LogP contribution in [0.15, 0.2) is 47.6 Å². The van der Waals surface area contributed by atoms with Gasteiger partial charge < -0.3 is 25.2 Å². The molecule has 6 rings (SSSR count). The van der Waals surface area contributed by atoms with E-state index in [0.717, 1.165) is 17.5 Å². The van der Waals surface area contributed by atoms with Gasteiger partial charge in [-0.05, 0) is 58.8 Å². The summed E-state index contributed by atoms with van der Waals surface area (Å²) in [6.07, 6.45) is 0.216. The van der Waals surface area contributed by atoms with E-state index in [1.165, 1.54) is 0 Å². The normalized spacial score (nSPS) is 43.9. The van der Waals surface area contributed by atoms with Gasteiger partial charge in [-0.2, -0.15) is 0 Å². The van der Waals surface area contributed by atoms with Gasteiger partial charge in [-0.15, -0.1) is 0 Å². The second-order valence-electron chi connectivity index (χ2n) is 12.5. The van der Waals surface area contributed by atoms with Crippen molar-refractivity contribution in [2.75, 3.05) is 6.61 Å². The second kappa shape index (κ2) is 7.67. The Balaban J connectivity index is 1.39. The van der Waals surface area contributed by atoms with Gasteiger partial charge in [-0.3, -0.25) is 4.90 Å².